The third kappa shape index (κ3) is 3.96. The van der Waals surface area contributed by atoms with E-state index >= 15 is 0 Å². The van der Waals surface area contributed by atoms with Crippen LogP contribution in [0, 0.1) is 0 Å². The van der Waals surface area contributed by atoms with E-state index < -0.39 is 5.91 Å². The number of nitrogens with two attached hydrogens (primary N) is 1. The van der Waals surface area contributed by atoms with Crippen LogP contribution in [0.5, 0.6) is 11.5 Å². The highest BCUT2D eigenvalue weighted by atomic mass is 16.6. The SMILES string of the molecule is COc1ccc(OC)c(/C=N/NC(=O)c2c(-c3ccccc3)nnn2-c2nonc2N)c1. The third-order valence-corrected chi connectivity index (χ3v) is 4.44. The number of carbonyl (C=O) groups is 1. The lowest BCUT2D eigenvalue weighted by atomic mass is 10.1. The molecule has 4 rings (SSSR count). The number of hydrogen-bond acceptors (Lipinski definition) is 10. The molecule has 0 aliphatic rings. The van der Waals surface area contributed by atoms with E-state index in [1.54, 1.807) is 37.4 Å². The second kappa shape index (κ2) is 8.95. The van der Waals surface area contributed by atoms with Crippen LogP contribution in [0.1, 0.15) is 16.1 Å². The van der Waals surface area contributed by atoms with Gasteiger partial charge in [0.25, 0.3) is 5.91 Å². The van der Waals surface area contributed by atoms with Crippen LogP contribution in [-0.2, 0) is 0 Å². The average molecular weight is 434 g/mol. The summed E-state index contributed by atoms with van der Waals surface area (Å²) in [7, 11) is 3.08. The van der Waals surface area contributed by atoms with Gasteiger partial charge in [-0.15, -0.1) is 5.10 Å². The average Bonchev–Trinajstić information content (AvgIpc) is 3.45. The van der Waals surface area contributed by atoms with E-state index in [2.05, 4.69) is 35.8 Å². The molecule has 1 amide bonds. The van der Waals surface area contributed by atoms with Crippen molar-refractivity contribution in [1.29, 1.82) is 0 Å². The standard InChI is InChI=1S/C20H18N8O4/c1-30-14-8-9-15(31-2)13(10-14)11-22-24-20(29)17-16(12-6-4-3-5-7-12)23-27-28(17)19-18(21)25-32-26-19/h3-11H,1-2H3,(H2,21,25)(H,24,29)/b22-11+. The molecule has 12 nitrogen and oxygen atoms in total. The van der Waals surface area contributed by atoms with Crippen molar-refractivity contribution in [3.05, 3.63) is 59.8 Å². The topological polar surface area (TPSA) is 156 Å². The van der Waals surface area contributed by atoms with Gasteiger partial charge in [0.2, 0.25) is 11.6 Å². The fraction of sp³-hybridized carbons (Fsp3) is 0.100. The predicted molar refractivity (Wildman–Crippen MR) is 114 cm³/mol. The van der Waals surface area contributed by atoms with Crippen LogP contribution in [0.4, 0.5) is 5.82 Å². The normalized spacial score (nSPS) is 10.9. The molecule has 12 heteroatoms. The molecule has 2 aromatic heterocycles. The fourth-order valence-electron chi connectivity index (χ4n) is 2.92. The number of benzene rings is 2. The van der Waals surface area contributed by atoms with Gasteiger partial charge in [-0.1, -0.05) is 35.5 Å². The molecule has 3 N–H and O–H groups in total. The van der Waals surface area contributed by atoms with Crippen LogP contribution < -0.4 is 20.6 Å². The van der Waals surface area contributed by atoms with Crippen molar-refractivity contribution < 1.29 is 18.9 Å². The molecular weight excluding hydrogens is 416 g/mol. The molecule has 0 saturated heterocycles. The molecule has 0 aliphatic heterocycles. The van der Waals surface area contributed by atoms with Gasteiger partial charge in [-0.2, -0.15) is 9.78 Å². The number of hydrazone groups is 1. The zero-order valence-electron chi connectivity index (χ0n) is 17.1. The van der Waals surface area contributed by atoms with E-state index in [-0.39, 0.29) is 17.3 Å². The Bertz CT molecular complexity index is 1270. The summed E-state index contributed by atoms with van der Waals surface area (Å²) in [6.45, 7) is 0. The Morgan fingerprint density at radius 2 is 1.97 bits per heavy atom. The van der Waals surface area contributed by atoms with Crippen LogP contribution in [0.25, 0.3) is 17.1 Å². The molecule has 0 saturated carbocycles. The molecular formula is C20H18N8O4. The minimum Gasteiger partial charge on any atom is -0.497 e. The summed E-state index contributed by atoms with van der Waals surface area (Å²) in [6, 6.07) is 14.3. The summed E-state index contributed by atoms with van der Waals surface area (Å²) >= 11 is 0. The number of aromatic nitrogens is 5. The van der Waals surface area contributed by atoms with Crippen LogP contribution in [-0.4, -0.2) is 51.6 Å². The van der Waals surface area contributed by atoms with E-state index in [1.165, 1.54) is 13.3 Å². The Balaban J connectivity index is 1.68. The number of ether oxygens (including phenoxy) is 2. The molecule has 2 heterocycles. The first-order valence-electron chi connectivity index (χ1n) is 9.27. The molecule has 0 spiro atoms. The number of carbonyl (C=O) groups excluding carboxylic acids is 1. The van der Waals surface area contributed by atoms with Crippen LogP contribution in [0.3, 0.4) is 0 Å². The summed E-state index contributed by atoms with van der Waals surface area (Å²) in [5, 5.41) is 19.4. The van der Waals surface area contributed by atoms with Crippen LogP contribution >= 0.6 is 0 Å². The summed E-state index contributed by atoms with van der Waals surface area (Å²) < 4.78 is 16.3. The molecule has 0 unspecified atom stereocenters. The quantitative estimate of drug-likeness (QED) is 0.326. The number of amides is 1. The van der Waals surface area contributed by atoms with Gasteiger partial charge < -0.3 is 15.2 Å². The summed E-state index contributed by atoms with van der Waals surface area (Å²) in [6.07, 6.45) is 1.43. The lowest BCUT2D eigenvalue weighted by Crippen LogP contribution is -2.22. The number of anilines is 1. The van der Waals surface area contributed by atoms with Gasteiger partial charge in [-0.25, -0.2) is 10.1 Å². The Kier molecular flexibility index (Phi) is 5.74. The van der Waals surface area contributed by atoms with E-state index in [0.717, 1.165) is 4.68 Å². The third-order valence-electron chi connectivity index (χ3n) is 4.44. The molecule has 0 radical (unpaired) electrons. The minimum atomic E-state index is -0.602. The Morgan fingerprint density at radius 3 is 2.66 bits per heavy atom. The van der Waals surface area contributed by atoms with Crippen molar-refractivity contribution in [3.8, 4) is 28.6 Å². The molecule has 0 fully saturated rings. The van der Waals surface area contributed by atoms with E-state index in [0.29, 0.717) is 28.3 Å². The van der Waals surface area contributed by atoms with E-state index in [4.69, 9.17) is 15.2 Å². The Hall–Kier alpha value is -4.74. The lowest BCUT2D eigenvalue weighted by molar-refractivity contribution is 0.0947. The number of nitrogens with one attached hydrogen (secondary N) is 1. The molecule has 2 aromatic carbocycles. The second-order valence-corrected chi connectivity index (χ2v) is 6.34. The van der Waals surface area contributed by atoms with Gasteiger partial charge in [-0.3, -0.25) is 4.79 Å². The van der Waals surface area contributed by atoms with Crippen LogP contribution in [0.2, 0.25) is 0 Å². The fourth-order valence-corrected chi connectivity index (χ4v) is 2.92. The van der Waals surface area contributed by atoms with Crippen LogP contribution in [0.15, 0.2) is 58.3 Å². The maximum absolute atomic E-state index is 13.1. The number of nitrogen functional groups attached to an aromatic ring is 1. The zero-order valence-corrected chi connectivity index (χ0v) is 17.1. The highest BCUT2D eigenvalue weighted by Gasteiger charge is 2.25. The zero-order chi connectivity index (χ0) is 22.5. The van der Waals surface area contributed by atoms with Crippen molar-refractivity contribution in [2.24, 2.45) is 5.10 Å². The molecule has 0 bridgehead atoms. The van der Waals surface area contributed by atoms with Crippen molar-refractivity contribution >= 4 is 17.9 Å². The summed E-state index contributed by atoms with van der Waals surface area (Å²) in [4.78, 5) is 13.1. The van der Waals surface area contributed by atoms with Gasteiger partial charge in [0.1, 0.15) is 17.2 Å². The highest BCUT2D eigenvalue weighted by molar-refractivity contribution is 5.99. The largest absolute Gasteiger partial charge is 0.497 e. The number of hydrogen-bond donors (Lipinski definition) is 2. The molecule has 0 atom stereocenters. The monoisotopic (exact) mass is 434 g/mol. The molecule has 162 valence electrons. The maximum atomic E-state index is 13.1. The Labute approximate surface area is 181 Å². The van der Waals surface area contributed by atoms with Gasteiger partial charge in [0.15, 0.2) is 5.69 Å². The smallest absolute Gasteiger partial charge is 0.292 e. The van der Waals surface area contributed by atoms with Gasteiger partial charge in [0, 0.05) is 11.1 Å². The first kappa shape index (κ1) is 20.5. The number of nitrogens with zero attached hydrogens (tertiary/aromatic N) is 6. The van der Waals surface area contributed by atoms with E-state index in [9.17, 15) is 4.79 Å². The minimum absolute atomic E-state index is 0.0308. The number of methoxy groups -OCH3 is 2. The number of rotatable bonds is 7. The van der Waals surface area contributed by atoms with E-state index in [1.807, 2.05) is 18.2 Å². The van der Waals surface area contributed by atoms with Crippen molar-refractivity contribution in [2.75, 3.05) is 20.0 Å². The van der Waals surface area contributed by atoms with Crippen molar-refractivity contribution in [1.82, 2.24) is 30.7 Å². The molecule has 32 heavy (non-hydrogen) atoms. The molecule has 4 aromatic rings. The first-order valence-corrected chi connectivity index (χ1v) is 9.27. The first-order chi connectivity index (χ1) is 15.6. The molecule has 0 aliphatic carbocycles. The maximum Gasteiger partial charge on any atom is 0.292 e. The Morgan fingerprint density at radius 1 is 1.16 bits per heavy atom. The second-order valence-electron chi connectivity index (χ2n) is 6.34. The van der Waals surface area contributed by atoms with Gasteiger partial charge in [0.05, 0.1) is 20.4 Å². The van der Waals surface area contributed by atoms with Gasteiger partial charge >= 0.3 is 0 Å². The van der Waals surface area contributed by atoms with Gasteiger partial charge in [-0.05, 0) is 28.5 Å². The highest BCUT2D eigenvalue weighted by Crippen LogP contribution is 2.25. The summed E-state index contributed by atoms with van der Waals surface area (Å²) in [5.74, 6) is 0.550. The van der Waals surface area contributed by atoms with Crippen molar-refractivity contribution in [3.63, 3.8) is 0 Å². The lowest BCUT2D eigenvalue weighted by Gasteiger charge is -2.07. The van der Waals surface area contributed by atoms with Crippen molar-refractivity contribution in [2.45, 2.75) is 0 Å². The predicted octanol–water partition coefficient (Wildman–Crippen LogP) is 1.68. The summed E-state index contributed by atoms with van der Waals surface area (Å²) in [5.41, 5.74) is 9.87.